The second-order valence-electron chi connectivity index (χ2n) is 6.16. The molecule has 0 bridgehead atoms. The second-order valence-corrected chi connectivity index (χ2v) is 6.16. The van der Waals surface area contributed by atoms with Crippen LogP contribution in [0.15, 0.2) is 42.5 Å². The van der Waals surface area contributed by atoms with E-state index in [0.717, 1.165) is 0 Å². The molecule has 0 aliphatic carbocycles. The zero-order valence-corrected chi connectivity index (χ0v) is 15.2. The average Bonchev–Trinajstić information content (AvgIpc) is 2.69. The van der Waals surface area contributed by atoms with E-state index in [9.17, 15) is 14.4 Å². The van der Waals surface area contributed by atoms with E-state index < -0.39 is 17.5 Å². The van der Waals surface area contributed by atoms with Gasteiger partial charge in [-0.1, -0.05) is 0 Å². The zero-order valence-electron chi connectivity index (χ0n) is 15.2. The summed E-state index contributed by atoms with van der Waals surface area (Å²) in [4.78, 5) is 36.8. The Balaban J connectivity index is 1.78. The Morgan fingerprint density at radius 2 is 1.96 bits per heavy atom. The number of fused-ring (bicyclic) bond motifs is 1. The van der Waals surface area contributed by atoms with E-state index in [1.165, 1.54) is 13.0 Å². The Kier molecular flexibility index (Phi) is 5.00. The van der Waals surface area contributed by atoms with E-state index in [4.69, 9.17) is 14.7 Å². The highest BCUT2D eigenvalue weighted by molar-refractivity contribution is 6.14. The Morgan fingerprint density at radius 1 is 1.25 bits per heavy atom. The lowest BCUT2D eigenvalue weighted by Gasteiger charge is -2.32. The number of esters is 1. The van der Waals surface area contributed by atoms with E-state index in [2.05, 4.69) is 10.6 Å². The summed E-state index contributed by atoms with van der Waals surface area (Å²) in [6.45, 7) is 3.10. The van der Waals surface area contributed by atoms with Gasteiger partial charge in [-0.25, -0.2) is 4.79 Å². The summed E-state index contributed by atoms with van der Waals surface area (Å²) in [5.41, 5.74) is -0.195. The number of rotatable bonds is 4. The van der Waals surface area contributed by atoms with Crippen molar-refractivity contribution in [1.29, 1.82) is 5.26 Å². The van der Waals surface area contributed by atoms with Crippen molar-refractivity contribution in [3.05, 3.63) is 53.6 Å². The van der Waals surface area contributed by atoms with Gasteiger partial charge in [0.15, 0.2) is 0 Å². The van der Waals surface area contributed by atoms with Crippen LogP contribution in [0.2, 0.25) is 0 Å². The largest absolute Gasteiger partial charge is 0.464 e. The molecule has 0 aromatic heterocycles. The van der Waals surface area contributed by atoms with Crippen LogP contribution in [0.1, 0.15) is 29.8 Å². The molecule has 2 amide bonds. The van der Waals surface area contributed by atoms with Gasteiger partial charge in [0.1, 0.15) is 5.75 Å². The van der Waals surface area contributed by atoms with Crippen molar-refractivity contribution in [1.82, 2.24) is 0 Å². The number of nitrogens with zero attached hydrogens (tertiary/aromatic N) is 1. The van der Waals surface area contributed by atoms with Gasteiger partial charge in [0.05, 0.1) is 23.9 Å². The summed E-state index contributed by atoms with van der Waals surface area (Å²) in [6, 6.07) is 12.8. The number of carbonyl (C=O) groups is 3. The first-order valence-corrected chi connectivity index (χ1v) is 8.50. The summed E-state index contributed by atoms with van der Waals surface area (Å²) in [5, 5.41) is 14.1. The van der Waals surface area contributed by atoms with Gasteiger partial charge in [0, 0.05) is 11.3 Å². The van der Waals surface area contributed by atoms with E-state index in [0.29, 0.717) is 22.5 Å². The van der Waals surface area contributed by atoms with Crippen molar-refractivity contribution in [2.75, 3.05) is 17.2 Å². The van der Waals surface area contributed by atoms with Gasteiger partial charge < -0.3 is 20.1 Å². The first kappa shape index (κ1) is 18.9. The normalized spacial score (nSPS) is 17.4. The maximum Gasteiger partial charge on any atom is 0.360 e. The predicted octanol–water partition coefficient (Wildman–Crippen LogP) is 2.46. The van der Waals surface area contributed by atoms with Crippen LogP contribution < -0.4 is 15.4 Å². The van der Waals surface area contributed by atoms with Gasteiger partial charge in [0.2, 0.25) is 0 Å². The first-order valence-electron chi connectivity index (χ1n) is 8.50. The molecule has 1 atom stereocenters. The van der Waals surface area contributed by atoms with Crippen molar-refractivity contribution in [3.8, 4) is 11.8 Å². The fourth-order valence-electron chi connectivity index (χ4n) is 2.60. The molecule has 1 aliphatic heterocycles. The van der Waals surface area contributed by atoms with E-state index >= 15 is 0 Å². The highest BCUT2D eigenvalue weighted by Gasteiger charge is 2.48. The second kappa shape index (κ2) is 7.40. The highest BCUT2D eigenvalue weighted by Crippen LogP contribution is 2.36. The third-order valence-electron chi connectivity index (χ3n) is 4.17. The van der Waals surface area contributed by atoms with Crippen molar-refractivity contribution in [2.45, 2.75) is 19.4 Å². The van der Waals surface area contributed by atoms with Gasteiger partial charge in [-0.15, -0.1) is 0 Å². The molecular weight excluding hydrogens is 362 g/mol. The van der Waals surface area contributed by atoms with Gasteiger partial charge in [-0.05, 0) is 56.3 Å². The summed E-state index contributed by atoms with van der Waals surface area (Å²) < 4.78 is 10.5. The minimum absolute atomic E-state index is 0.123. The van der Waals surface area contributed by atoms with Crippen LogP contribution in [0.3, 0.4) is 0 Å². The van der Waals surface area contributed by atoms with Crippen molar-refractivity contribution >= 4 is 29.2 Å². The lowest BCUT2D eigenvalue weighted by molar-refractivity contribution is -0.165. The van der Waals surface area contributed by atoms with Gasteiger partial charge >= 0.3 is 5.97 Å². The molecule has 0 saturated heterocycles. The minimum Gasteiger partial charge on any atom is -0.464 e. The molecule has 8 heteroatoms. The predicted molar refractivity (Wildman–Crippen MR) is 99.8 cm³/mol. The van der Waals surface area contributed by atoms with Crippen molar-refractivity contribution in [3.63, 3.8) is 0 Å². The molecule has 3 rings (SSSR count). The molecule has 1 heterocycles. The third kappa shape index (κ3) is 3.50. The number of hydrogen-bond acceptors (Lipinski definition) is 6. The van der Waals surface area contributed by atoms with Crippen molar-refractivity contribution < 1.29 is 23.9 Å². The molecule has 2 aromatic rings. The third-order valence-corrected chi connectivity index (χ3v) is 4.17. The van der Waals surface area contributed by atoms with E-state index in [-0.39, 0.29) is 18.3 Å². The lowest BCUT2D eigenvalue weighted by Crippen LogP contribution is -2.55. The number of nitrogens with one attached hydrogen (secondary N) is 2. The maximum atomic E-state index is 12.4. The molecule has 0 radical (unpaired) electrons. The summed E-state index contributed by atoms with van der Waals surface area (Å²) in [5.74, 6) is -1.53. The number of carbonyl (C=O) groups excluding carboxylic acids is 3. The maximum absolute atomic E-state index is 12.4. The number of ether oxygens (including phenoxy) is 2. The summed E-state index contributed by atoms with van der Waals surface area (Å²) >= 11 is 0. The van der Waals surface area contributed by atoms with Crippen LogP contribution in [0.4, 0.5) is 11.4 Å². The Labute approximate surface area is 161 Å². The number of benzene rings is 2. The average molecular weight is 379 g/mol. The van der Waals surface area contributed by atoms with Crippen LogP contribution in [-0.4, -0.2) is 30.0 Å². The van der Waals surface area contributed by atoms with Crippen LogP contribution in [0.5, 0.6) is 5.75 Å². The molecule has 1 unspecified atom stereocenters. The molecular formula is C20H17N3O5. The topological polar surface area (TPSA) is 118 Å². The summed E-state index contributed by atoms with van der Waals surface area (Å²) in [6.07, 6.45) is 0. The monoisotopic (exact) mass is 379 g/mol. The Bertz CT molecular complexity index is 994. The fourth-order valence-corrected chi connectivity index (χ4v) is 2.60. The molecule has 28 heavy (non-hydrogen) atoms. The smallest absolute Gasteiger partial charge is 0.360 e. The minimum atomic E-state index is -1.78. The number of hydrogen-bond donors (Lipinski definition) is 2. The van der Waals surface area contributed by atoms with Gasteiger partial charge in [0.25, 0.3) is 17.4 Å². The number of amides is 2. The Morgan fingerprint density at radius 3 is 2.61 bits per heavy atom. The molecule has 2 aromatic carbocycles. The molecule has 0 fully saturated rings. The van der Waals surface area contributed by atoms with Crippen LogP contribution in [0.25, 0.3) is 0 Å². The Hall–Kier alpha value is -3.86. The quantitative estimate of drug-likeness (QED) is 0.622. The zero-order chi connectivity index (χ0) is 20.3. The van der Waals surface area contributed by atoms with Gasteiger partial charge in [-0.2, -0.15) is 5.26 Å². The standard InChI is InChI=1S/C20H17N3O5/c1-3-27-19(26)20(2)18(25)23-15-10-14(8-9-16(15)28-20)22-17(24)13-6-4-12(11-21)5-7-13/h4-10H,3H2,1-2H3,(H,22,24)(H,23,25). The highest BCUT2D eigenvalue weighted by atomic mass is 16.6. The fraction of sp³-hybridized carbons (Fsp3) is 0.200. The molecule has 142 valence electrons. The van der Waals surface area contributed by atoms with Crippen LogP contribution in [-0.2, 0) is 14.3 Å². The van der Waals surface area contributed by atoms with E-state index in [1.54, 1.807) is 43.3 Å². The van der Waals surface area contributed by atoms with Crippen LogP contribution in [0, 0.1) is 11.3 Å². The first-order chi connectivity index (χ1) is 13.4. The molecule has 2 N–H and O–H groups in total. The van der Waals surface area contributed by atoms with Crippen LogP contribution >= 0.6 is 0 Å². The number of nitriles is 1. The van der Waals surface area contributed by atoms with E-state index in [1.807, 2.05) is 6.07 Å². The number of anilines is 2. The van der Waals surface area contributed by atoms with Gasteiger partial charge in [-0.3, -0.25) is 9.59 Å². The molecule has 0 spiro atoms. The lowest BCUT2D eigenvalue weighted by atomic mass is 10.0. The summed E-state index contributed by atoms with van der Waals surface area (Å²) in [7, 11) is 0. The molecule has 8 nitrogen and oxygen atoms in total. The molecule has 0 saturated carbocycles. The molecule has 1 aliphatic rings. The van der Waals surface area contributed by atoms with Crippen molar-refractivity contribution in [2.24, 2.45) is 0 Å². The SMILES string of the molecule is CCOC(=O)C1(C)Oc2ccc(NC(=O)c3ccc(C#N)cc3)cc2NC1=O.